The second kappa shape index (κ2) is 8.85. The molecular weight excluding hydrogens is 338 g/mol. The molecule has 0 aromatic heterocycles. The highest BCUT2D eigenvalue weighted by Crippen LogP contribution is 2.30. The Morgan fingerprint density at radius 3 is 2.48 bits per heavy atom. The first kappa shape index (κ1) is 19.2. The van der Waals surface area contributed by atoms with Crippen LogP contribution in [0.5, 0.6) is 0 Å². The van der Waals surface area contributed by atoms with Gasteiger partial charge in [-0.05, 0) is 48.6 Å². The van der Waals surface area contributed by atoms with E-state index in [0.29, 0.717) is 6.54 Å². The van der Waals surface area contributed by atoms with Crippen molar-refractivity contribution in [3.63, 3.8) is 0 Å². The minimum absolute atomic E-state index is 0.0614. The highest BCUT2D eigenvalue weighted by atomic mass is 16.4. The van der Waals surface area contributed by atoms with Gasteiger partial charge in [0.15, 0.2) is 0 Å². The summed E-state index contributed by atoms with van der Waals surface area (Å²) < 4.78 is 0. The zero-order valence-corrected chi connectivity index (χ0v) is 15.9. The number of nitrogens with zero attached hydrogens (tertiary/aromatic N) is 1. The van der Waals surface area contributed by atoms with Gasteiger partial charge in [0.1, 0.15) is 0 Å². The van der Waals surface area contributed by atoms with Gasteiger partial charge in [0, 0.05) is 11.6 Å². The van der Waals surface area contributed by atoms with Crippen molar-refractivity contribution in [3.05, 3.63) is 65.2 Å². The van der Waals surface area contributed by atoms with Gasteiger partial charge in [0.2, 0.25) is 5.91 Å². The smallest absolute Gasteiger partial charge is 0.335 e. The fourth-order valence-corrected chi connectivity index (χ4v) is 3.91. The van der Waals surface area contributed by atoms with E-state index in [4.69, 9.17) is 0 Å². The van der Waals surface area contributed by atoms with Crippen LogP contribution < -0.4 is 4.90 Å². The number of anilines is 1. The highest BCUT2D eigenvalue weighted by Gasteiger charge is 2.28. The van der Waals surface area contributed by atoms with Gasteiger partial charge in [0.25, 0.3) is 0 Å². The number of aryl methyl sites for hydroxylation is 1. The van der Waals surface area contributed by atoms with Crippen molar-refractivity contribution in [1.82, 2.24) is 0 Å². The molecule has 0 saturated heterocycles. The molecule has 1 fully saturated rings. The van der Waals surface area contributed by atoms with E-state index in [-0.39, 0.29) is 17.4 Å². The largest absolute Gasteiger partial charge is 0.478 e. The number of hydrogen-bond acceptors (Lipinski definition) is 2. The molecule has 4 heteroatoms. The number of carboxylic acids is 1. The minimum atomic E-state index is -0.948. The van der Waals surface area contributed by atoms with E-state index < -0.39 is 5.97 Å². The van der Waals surface area contributed by atoms with E-state index in [1.54, 1.807) is 18.2 Å². The van der Waals surface area contributed by atoms with Crippen LogP contribution >= 0.6 is 0 Å². The van der Waals surface area contributed by atoms with Crippen LogP contribution in [0.2, 0.25) is 0 Å². The molecule has 1 aliphatic carbocycles. The summed E-state index contributed by atoms with van der Waals surface area (Å²) in [6, 6.07) is 14.9. The molecule has 0 aliphatic heterocycles. The van der Waals surface area contributed by atoms with Gasteiger partial charge >= 0.3 is 5.97 Å². The van der Waals surface area contributed by atoms with Gasteiger partial charge in [-0.3, -0.25) is 4.79 Å². The second-order valence-corrected chi connectivity index (χ2v) is 7.25. The Morgan fingerprint density at radius 2 is 1.78 bits per heavy atom. The number of carboxylic acid groups (broad SMARTS) is 1. The van der Waals surface area contributed by atoms with Crippen molar-refractivity contribution in [3.8, 4) is 0 Å². The van der Waals surface area contributed by atoms with Crippen molar-refractivity contribution in [2.45, 2.75) is 52.0 Å². The van der Waals surface area contributed by atoms with E-state index in [1.165, 1.54) is 6.42 Å². The fraction of sp³-hybridized carbons (Fsp3) is 0.391. The molecule has 0 spiro atoms. The quantitative estimate of drug-likeness (QED) is 0.778. The Kier molecular flexibility index (Phi) is 6.28. The molecule has 142 valence electrons. The van der Waals surface area contributed by atoms with Gasteiger partial charge in [-0.25, -0.2) is 4.79 Å². The summed E-state index contributed by atoms with van der Waals surface area (Å²) in [4.78, 5) is 26.6. The monoisotopic (exact) mass is 365 g/mol. The van der Waals surface area contributed by atoms with Gasteiger partial charge in [-0.15, -0.1) is 0 Å². The Balaban J connectivity index is 1.95. The van der Waals surface area contributed by atoms with E-state index in [2.05, 4.69) is 13.0 Å². The third kappa shape index (κ3) is 4.57. The van der Waals surface area contributed by atoms with E-state index in [0.717, 1.165) is 48.9 Å². The van der Waals surface area contributed by atoms with Crippen molar-refractivity contribution in [1.29, 1.82) is 0 Å². The Morgan fingerprint density at radius 1 is 1.04 bits per heavy atom. The molecule has 0 unspecified atom stereocenters. The van der Waals surface area contributed by atoms with E-state index in [1.807, 2.05) is 29.2 Å². The van der Waals surface area contributed by atoms with Crippen LogP contribution in [0, 0.1) is 5.92 Å². The van der Waals surface area contributed by atoms with Crippen molar-refractivity contribution in [2.75, 3.05) is 4.90 Å². The number of carbonyl (C=O) groups is 2. The van der Waals surface area contributed by atoms with Crippen LogP contribution in [0.3, 0.4) is 0 Å². The normalized spacial score (nSPS) is 14.7. The van der Waals surface area contributed by atoms with Gasteiger partial charge in [-0.1, -0.05) is 56.5 Å². The van der Waals surface area contributed by atoms with Crippen molar-refractivity contribution in [2.24, 2.45) is 5.92 Å². The van der Waals surface area contributed by atoms with Gasteiger partial charge < -0.3 is 10.0 Å². The van der Waals surface area contributed by atoms with Crippen LogP contribution in [-0.4, -0.2) is 17.0 Å². The standard InChI is InChI=1S/C23H27NO3/c1-2-18-10-6-7-14-21(18)24(22(25)19-11-4-3-5-12-19)16-17-9-8-13-20(15-17)23(26)27/h6-10,13-15,19H,2-5,11-12,16H2,1H3,(H,26,27). The summed E-state index contributed by atoms with van der Waals surface area (Å²) in [5.74, 6) is -0.724. The number of rotatable bonds is 6. The molecule has 27 heavy (non-hydrogen) atoms. The molecule has 0 heterocycles. The third-order valence-electron chi connectivity index (χ3n) is 5.40. The molecule has 0 bridgehead atoms. The summed E-state index contributed by atoms with van der Waals surface area (Å²) in [5.41, 5.74) is 3.17. The molecule has 4 nitrogen and oxygen atoms in total. The lowest BCUT2D eigenvalue weighted by Crippen LogP contribution is -2.37. The van der Waals surface area contributed by atoms with Crippen LogP contribution in [0.25, 0.3) is 0 Å². The maximum atomic E-state index is 13.4. The molecule has 1 amide bonds. The zero-order chi connectivity index (χ0) is 19.2. The average Bonchev–Trinajstić information content (AvgIpc) is 2.72. The van der Waals surface area contributed by atoms with Crippen LogP contribution in [-0.2, 0) is 17.8 Å². The van der Waals surface area contributed by atoms with E-state index >= 15 is 0 Å². The molecule has 0 atom stereocenters. The maximum Gasteiger partial charge on any atom is 0.335 e. The number of aromatic carboxylic acids is 1. The first-order chi connectivity index (χ1) is 13.1. The molecule has 2 aromatic rings. The summed E-state index contributed by atoms with van der Waals surface area (Å²) in [6.45, 7) is 2.49. The number of benzene rings is 2. The first-order valence-electron chi connectivity index (χ1n) is 9.81. The van der Waals surface area contributed by atoms with Gasteiger partial charge in [-0.2, -0.15) is 0 Å². The topological polar surface area (TPSA) is 57.6 Å². The summed E-state index contributed by atoms with van der Waals surface area (Å²) >= 11 is 0. The minimum Gasteiger partial charge on any atom is -0.478 e. The molecule has 1 saturated carbocycles. The van der Waals surface area contributed by atoms with Crippen LogP contribution in [0.4, 0.5) is 5.69 Å². The molecule has 3 rings (SSSR count). The fourth-order valence-electron chi connectivity index (χ4n) is 3.91. The first-order valence-corrected chi connectivity index (χ1v) is 9.81. The SMILES string of the molecule is CCc1ccccc1N(Cc1cccc(C(=O)O)c1)C(=O)C1CCCCC1. The zero-order valence-electron chi connectivity index (χ0n) is 15.9. The third-order valence-corrected chi connectivity index (χ3v) is 5.40. The molecule has 0 radical (unpaired) electrons. The molecule has 1 N–H and O–H groups in total. The molecular formula is C23H27NO3. The van der Waals surface area contributed by atoms with Crippen molar-refractivity contribution < 1.29 is 14.7 Å². The lowest BCUT2D eigenvalue weighted by molar-refractivity contribution is -0.123. The summed E-state index contributed by atoms with van der Waals surface area (Å²) in [7, 11) is 0. The highest BCUT2D eigenvalue weighted by molar-refractivity contribution is 5.96. The number of hydrogen-bond donors (Lipinski definition) is 1. The predicted molar refractivity (Wildman–Crippen MR) is 107 cm³/mol. The Labute approximate surface area is 160 Å². The lowest BCUT2D eigenvalue weighted by atomic mass is 9.88. The maximum absolute atomic E-state index is 13.4. The Bertz CT molecular complexity index is 809. The van der Waals surface area contributed by atoms with Crippen LogP contribution in [0.15, 0.2) is 48.5 Å². The number of amides is 1. The van der Waals surface area contributed by atoms with Gasteiger partial charge in [0.05, 0.1) is 12.1 Å². The average molecular weight is 365 g/mol. The van der Waals surface area contributed by atoms with Crippen LogP contribution in [0.1, 0.15) is 60.5 Å². The second-order valence-electron chi connectivity index (χ2n) is 7.25. The summed E-state index contributed by atoms with van der Waals surface area (Å²) in [6.07, 6.45) is 6.15. The molecule has 1 aliphatic rings. The number of carbonyl (C=O) groups excluding carboxylic acids is 1. The summed E-state index contributed by atoms with van der Waals surface area (Å²) in [5, 5.41) is 9.28. The van der Waals surface area contributed by atoms with Crippen molar-refractivity contribution >= 4 is 17.6 Å². The lowest BCUT2D eigenvalue weighted by Gasteiger charge is -2.31. The Hall–Kier alpha value is -2.62. The molecule has 2 aromatic carbocycles. The number of para-hydroxylation sites is 1. The predicted octanol–water partition coefficient (Wildman–Crippen LogP) is 5.06. The van der Waals surface area contributed by atoms with E-state index in [9.17, 15) is 14.7 Å².